The average Bonchev–Trinajstić information content (AvgIpc) is 2.91. The van der Waals surface area contributed by atoms with Crippen LogP contribution in [0.2, 0.25) is 0 Å². The summed E-state index contributed by atoms with van der Waals surface area (Å²) < 4.78 is 0. The summed E-state index contributed by atoms with van der Waals surface area (Å²) in [5.41, 5.74) is 7.52. The van der Waals surface area contributed by atoms with E-state index >= 15 is 0 Å². The van der Waals surface area contributed by atoms with Crippen LogP contribution < -0.4 is 10.6 Å². The summed E-state index contributed by atoms with van der Waals surface area (Å²) >= 11 is 0. The highest BCUT2D eigenvalue weighted by atomic mass is 16.1. The molecule has 0 aromatic heterocycles. The third-order valence-electron chi connectivity index (χ3n) is 5.96. The number of rotatable bonds is 2. The summed E-state index contributed by atoms with van der Waals surface area (Å²) in [4.78, 5) is 13.4. The van der Waals surface area contributed by atoms with E-state index in [0.29, 0.717) is 6.42 Å². The van der Waals surface area contributed by atoms with Gasteiger partial charge in [-0.05, 0) is 42.5 Å². The fourth-order valence-corrected chi connectivity index (χ4v) is 4.55. The largest absolute Gasteiger partial charge is 0.372 e. The second-order valence-electron chi connectivity index (χ2n) is 7.99. The van der Waals surface area contributed by atoms with E-state index in [0.717, 1.165) is 34.6 Å². The second kappa shape index (κ2) is 7.25. The molecule has 3 aromatic carbocycles. The average molecular weight is 380 g/mol. The third-order valence-corrected chi connectivity index (χ3v) is 5.96. The zero-order chi connectivity index (χ0) is 19.8. The molecule has 0 fully saturated rings. The van der Waals surface area contributed by atoms with Crippen molar-refractivity contribution in [3.05, 3.63) is 107 Å². The monoisotopic (exact) mass is 380 g/mol. The molecule has 2 atom stereocenters. The van der Waals surface area contributed by atoms with E-state index in [9.17, 15) is 4.79 Å². The Morgan fingerprint density at radius 1 is 0.793 bits per heavy atom. The maximum atomic E-state index is 13.4. The van der Waals surface area contributed by atoms with Gasteiger partial charge in [0.15, 0.2) is 5.78 Å². The van der Waals surface area contributed by atoms with Crippen LogP contribution in [0.25, 0.3) is 0 Å². The zero-order valence-electron chi connectivity index (χ0n) is 16.5. The number of hydrogen-bond donors (Lipinski definition) is 2. The lowest BCUT2D eigenvalue weighted by atomic mass is 9.78. The van der Waals surface area contributed by atoms with Gasteiger partial charge in [-0.2, -0.15) is 0 Å². The molecule has 0 amide bonds. The van der Waals surface area contributed by atoms with Crippen molar-refractivity contribution >= 4 is 17.2 Å². The molecule has 0 spiro atoms. The highest BCUT2D eigenvalue weighted by Gasteiger charge is 2.35. The molecule has 1 heterocycles. The maximum Gasteiger partial charge on any atom is 0.163 e. The van der Waals surface area contributed by atoms with Crippen LogP contribution >= 0.6 is 0 Å². The fraction of sp³-hybridized carbons (Fsp3) is 0.192. The van der Waals surface area contributed by atoms with Crippen LogP contribution in [-0.4, -0.2) is 5.78 Å². The highest BCUT2D eigenvalue weighted by molar-refractivity contribution is 6.01. The number of carbonyl (C=O) groups excluding carboxylic acids is 1. The molecule has 5 rings (SSSR count). The van der Waals surface area contributed by atoms with Gasteiger partial charge in [0.2, 0.25) is 0 Å². The van der Waals surface area contributed by atoms with Gasteiger partial charge < -0.3 is 10.6 Å². The molecular formula is C26H24N2O. The van der Waals surface area contributed by atoms with Crippen molar-refractivity contribution in [1.82, 2.24) is 0 Å². The summed E-state index contributed by atoms with van der Waals surface area (Å²) in [5.74, 6) is 0.429. The molecule has 0 bridgehead atoms. The molecule has 144 valence electrons. The minimum Gasteiger partial charge on any atom is -0.372 e. The lowest BCUT2D eigenvalue weighted by Gasteiger charge is -2.30. The Morgan fingerprint density at radius 2 is 1.52 bits per heavy atom. The highest BCUT2D eigenvalue weighted by Crippen LogP contribution is 2.44. The molecule has 0 radical (unpaired) electrons. The van der Waals surface area contributed by atoms with E-state index in [1.165, 1.54) is 11.1 Å². The van der Waals surface area contributed by atoms with Crippen LogP contribution in [0.4, 0.5) is 11.4 Å². The van der Waals surface area contributed by atoms with Crippen LogP contribution in [0, 0.1) is 6.92 Å². The van der Waals surface area contributed by atoms with E-state index in [-0.39, 0.29) is 17.7 Å². The van der Waals surface area contributed by atoms with Crippen LogP contribution in [0.15, 0.2) is 90.1 Å². The first-order valence-corrected chi connectivity index (χ1v) is 10.2. The summed E-state index contributed by atoms with van der Waals surface area (Å²) in [6.45, 7) is 2.09. The van der Waals surface area contributed by atoms with Crippen molar-refractivity contribution < 1.29 is 4.79 Å². The summed E-state index contributed by atoms with van der Waals surface area (Å²) in [5, 5.41) is 7.25. The number of para-hydroxylation sites is 2. The topological polar surface area (TPSA) is 41.1 Å². The molecule has 0 saturated carbocycles. The molecule has 3 heteroatoms. The molecule has 2 aliphatic rings. The number of aryl methyl sites for hydroxylation is 1. The number of Topliss-reactive ketones (excluding diaryl/α,β-unsaturated/α-hetero) is 1. The smallest absolute Gasteiger partial charge is 0.163 e. The molecule has 0 unspecified atom stereocenters. The number of hydrogen-bond acceptors (Lipinski definition) is 3. The van der Waals surface area contributed by atoms with Crippen molar-refractivity contribution in [2.45, 2.75) is 31.7 Å². The van der Waals surface area contributed by atoms with Crippen LogP contribution in [-0.2, 0) is 4.79 Å². The van der Waals surface area contributed by atoms with Gasteiger partial charge in [-0.15, -0.1) is 0 Å². The Bertz CT molecular complexity index is 1100. The van der Waals surface area contributed by atoms with Gasteiger partial charge in [0, 0.05) is 17.7 Å². The molecule has 1 aliphatic heterocycles. The number of ketones is 1. The summed E-state index contributed by atoms with van der Waals surface area (Å²) in [7, 11) is 0. The number of anilines is 2. The molecule has 2 N–H and O–H groups in total. The van der Waals surface area contributed by atoms with Gasteiger partial charge >= 0.3 is 0 Å². The van der Waals surface area contributed by atoms with Gasteiger partial charge in [0.1, 0.15) is 0 Å². The van der Waals surface area contributed by atoms with Crippen molar-refractivity contribution in [3.8, 4) is 0 Å². The quantitative estimate of drug-likeness (QED) is 0.575. The van der Waals surface area contributed by atoms with Crippen molar-refractivity contribution in [3.63, 3.8) is 0 Å². The lowest BCUT2D eigenvalue weighted by Crippen LogP contribution is -2.26. The maximum absolute atomic E-state index is 13.4. The summed E-state index contributed by atoms with van der Waals surface area (Å²) in [6, 6.07) is 26.9. The zero-order valence-corrected chi connectivity index (χ0v) is 16.5. The van der Waals surface area contributed by atoms with Crippen LogP contribution in [0.1, 0.15) is 41.5 Å². The first kappa shape index (κ1) is 17.7. The minimum atomic E-state index is -0.148. The SMILES string of the molecule is Cc1cccc([C@@H]2Nc3ccccc3NC3=C2C(=O)C[C@@H](c2ccccc2)C3)c1. The molecule has 29 heavy (non-hydrogen) atoms. The number of nitrogens with one attached hydrogen (secondary N) is 2. The number of allylic oxidation sites excluding steroid dienone is 1. The van der Waals surface area contributed by atoms with E-state index in [1.54, 1.807) is 0 Å². The van der Waals surface area contributed by atoms with Crippen molar-refractivity contribution in [2.75, 3.05) is 10.6 Å². The Hall–Kier alpha value is -3.33. The molecule has 3 aromatic rings. The summed E-state index contributed by atoms with van der Waals surface area (Å²) in [6.07, 6.45) is 1.38. The number of benzene rings is 3. The van der Waals surface area contributed by atoms with E-state index in [2.05, 4.69) is 78.2 Å². The fourth-order valence-electron chi connectivity index (χ4n) is 4.55. The number of fused-ring (bicyclic) bond motifs is 1. The van der Waals surface area contributed by atoms with E-state index < -0.39 is 0 Å². The van der Waals surface area contributed by atoms with Gasteiger partial charge in [0.25, 0.3) is 0 Å². The molecular weight excluding hydrogens is 356 g/mol. The molecule has 0 saturated heterocycles. The second-order valence-corrected chi connectivity index (χ2v) is 7.99. The van der Waals surface area contributed by atoms with Gasteiger partial charge in [-0.3, -0.25) is 4.79 Å². The Balaban J connectivity index is 1.63. The Morgan fingerprint density at radius 3 is 2.31 bits per heavy atom. The van der Waals surface area contributed by atoms with Crippen LogP contribution in [0.3, 0.4) is 0 Å². The Kier molecular flexibility index (Phi) is 4.44. The van der Waals surface area contributed by atoms with Gasteiger partial charge in [-0.1, -0.05) is 72.3 Å². The van der Waals surface area contributed by atoms with E-state index in [1.807, 2.05) is 18.2 Å². The predicted molar refractivity (Wildman–Crippen MR) is 118 cm³/mol. The molecule has 3 nitrogen and oxygen atoms in total. The minimum absolute atomic E-state index is 0.148. The standard InChI is InChI=1S/C26H24N2O/c1-17-8-7-11-19(14-17)26-25-23(27-21-12-5-6-13-22(21)28-26)15-20(16-24(25)29)18-9-3-2-4-10-18/h2-14,20,26-28H,15-16H2,1H3/t20-,26-/m0/s1. The van der Waals surface area contributed by atoms with Crippen LogP contribution in [0.5, 0.6) is 0 Å². The third kappa shape index (κ3) is 3.33. The number of carbonyl (C=O) groups is 1. The van der Waals surface area contributed by atoms with Gasteiger partial charge in [0.05, 0.1) is 17.4 Å². The van der Waals surface area contributed by atoms with Gasteiger partial charge in [-0.25, -0.2) is 0 Å². The first-order chi connectivity index (χ1) is 14.2. The predicted octanol–water partition coefficient (Wildman–Crippen LogP) is 5.97. The van der Waals surface area contributed by atoms with Crippen molar-refractivity contribution in [1.29, 1.82) is 0 Å². The normalized spacial score (nSPS) is 20.8. The Labute approximate surface area is 171 Å². The van der Waals surface area contributed by atoms with E-state index in [4.69, 9.17) is 0 Å². The molecule has 1 aliphatic carbocycles. The lowest BCUT2D eigenvalue weighted by molar-refractivity contribution is -0.116. The first-order valence-electron chi connectivity index (χ1n) is 10.2. The van der Waals surface area contributed by atoms with Crippen molar-refractivity contribution in [2.24, 2.45) is 0 Å².